The highest BCUT2D eigenvalue weighted by Gasteiger charge is 2.41. The molecule has 1 aliphatic heterocycles. The molecule has 4 nitrogen and oxygen atoms in total. The number of nitrogens with zero attached hydrogens (tertiary/aromatic N) is 2. The van der Waals surface area contributed by atoms with Crippen molar-refractivity contribution in [2.24, 2.45) is 5.92 Å². The van der Waals surface area contributed by atoms with Gasteiger partial charge in [0.1, 0.15) is 5.78 Å². The number of rotatable bonds is 3. The molecule has 0 spiro atoms. The van der Waals surface area contributed by atoms with E-state index in [1.165, 1.54) is 26.2 Å². The minimum absolute atomic E-state index is 0.0158. The fourth-order valence-electron chi connectivity index (χ4n) is 2.48. The van der Waals surface area contributed by atoms with E-state index in [9.17, 15) is 9.59 Å². The van der Waals surface area contributed by atoms with Gasteiger partial charge in [0, 0.05) is 13.6 Å². The van der Waals surface area contributed by atoms with E-state index in [0.717, 1.165) is 6.54 Å². The van der Waals surface area contributed by atoms with Crippen LogP contribution in [0.25, 0.3) is 0 Å². The summed E-state index contributed by atoms with van der Waals surface area (Å²) in [5.41, 5.74) is 0. The molecule has 1 saturated carbocycles. The van der Waals surface area contributed by atoms with Crippen LogP contribution in [0.15, 0.2) is 0 Å². The van der Waals surface area contributed by atoms with Crippen LogP contribution in [0.3, 0.4) is 0 Å². The maximum absolute atomic E-state index is 11.8. The van der Waals surface area contributed by atoms with Crippen LogP contribution >= 0.6 is 0 Å². The lowest BCUT2D eigenvalue weighted by molar-refractivity contribution is -0.117. The molecule has 0 aromatic rings. The molecule has 0 radical (unpaired) electrons. The van der Waals surface area contributed by atoms with E-state index >= 15 is 0 Å². The molecule has 0 aromatic heterocycles. The molecule has 1 aliphatic carbocycles. The Labute approximate surface area is 90.2 Å². The maximum Gasteiger partial charge on any atom is 0.320 e. The van der Waals surface area contributed by atoms with Gasteiger partial charge in [-0.15, -0.1) is 0 Å². The third-order valence-corrected chi connectivity index (χ3v) is 3.58. The third-order valence-electron chi connectivity index (χ3n) is 3.58. The number of amides is 2. The van der Waals surface area contributed by atoms with Gasteiger partial charge in [0.2, 0.25) is 0 Å². The van der Waals surface area contributed by atoms with E-state index in [2.05, 4.69) is 0 Å². The standard InChI is InChI=1S/C11H18N2O2/c1-8(14)6-13-7-10(9-4-3-5-9)12(2)11(13)15/h9-10H,3-7H2,1-2H3. The number of Topliss-reactive ketones (excluding diaryl/α,β-unsaturated/α-hetero) is 1. The topological polar surface area (TPSA) is 40.6 Å². The highest BCUT2D eigenvalue weighted by Crippen LogP contribution is 2.34. The Bertz CT molecular complexity index is 286. The smallest absolute Gasteiger partial charge is 0.320 e. The first kappa shape index (κ1) is 10.5. The molecule has 1 heterocycles. The minimum atomic E-state index is 0.0158. The summed E-state index contributed by atoms with van der Waals surface area (Å²) in [6.45, 7) is 2.54. The van der Waals surface area contributed by atoms with Gasteiger partial charge in [0.25, 0.3) is 0 Å². The number of carbonyl (C=O) groups excluding carboxylic acids is 2. The summed E-state index contributed by atoms with van der Waals surface area (Å²) in [7, 11) is 1.85. The Balaban J connectivity index is 1.99. The second-order valence-corrected chi connectivity index (χ2v) is 4.73. The summed E-state index contributed by atoms with van der Waals surface area (Å²) in [6, 6.07) is 0.354. The summed E-state index contributed by atoms with van der Waals surface area (Å²) in [6.07, 6.45) is 3.75. The Morgan fingerprint density at radius 1 is 1.47 bits per heavy atom. The van der Waals surface area contributed by atoms with Gasteiger partial charge >= 0.3 is 6.03 Å². The van der Waals surface area contributed by atoms with Crippen molar-refractivity contribution < 1.29 is 9.59 Å². The van der Waals surface area contributed by atoms with Crippen molar-refractivity contribution in [3.8, 4) is 0 Å². The number of ketones is 1. The van der Waals surface area contributed by atoms with Gasteiger partial charge in [0.05, 0.1) is 12.6 Å². The van der Waals surface area contributed by atoms with Crippen LogP contribution in [-0.4, -0.2) is 47.8 Å². The Morgan fingerprint density at radius 3 is 2.60 bits per heavy atom. The van der Waals surface area contributed by atoms with Crippen molar-refractivity contribution in [1.29, 1.82) is 0 Å². The Hall–Kier alpha value is -1.06. The highest BCUT2D eigenvalue weighted by molar-refractivity contribution is 5.85. The lowest BCUT2D eigenvalue weighted by atomic mass is 9.79. The number of urea groups is 1. The van der Waals surface area contributed by atoms with Gasteiger partial charge in [-0.1, -0.05) is 6.42 Å². The second-order valence-electron chi connectivity index (χ2n) is 4.73. The molecular formula is C11H18N2O2. The van der Waals surface area contributed by atoms with Crippen LogP contribution in [0.5, 0.6) is 0 Å². The van der Waals surface area contributed by atoms with Crippen molar-refractivity contribution in [2.45, 2.75) is 32.2 Å². The Kier molecular flexibility index (Phi) is 2.67. The van der Waals surface area contributed by atoms with E-state index in [1.807, 2.05) is 11.9 Å². The lowest BCUT2D eigenvalue weighted by Crippen LogP contribution is -2.39. The SMILES string of the molecule is CC(=O)CN1CC(C2CCC2)N(C)C1=O. The molecule has 84 valence electrons. The molecule has 2 aliphatic rings. The summed E-state index contributed by atoms with van der Waals surface area (Å²) >= 11 is 0. The number of likely N-dealkylation sites (N-methyl/N-ethyl adjacent to an activating group) is 1. The van der Waals surface area contributed by atoms with Crippen LogP contribution < -0.4 is 0 Å². The van der Waals surface area contributed by atoms with Crippen molar-refractivity contribution in [3.63, 3.8) is 0 Å². The quantitative estimate of drug-likeness (QED) is 0.700. The van der Waals surface area contributed by atoms with Gasteiger partial charge < -0.3 is 9.80 Å². The average molecular weight is 210 g/mol. The molecule has 0 bridgehead atoms. The fourth-order valence-corrected chi connectivity index (χ4v) is 2.48. The number of hydrogen-bond donors (Lipinski definition) is 0. The largest absolute Gasteiger partial charge is 0.323 e. The highest BCUT2D eigenvalue weighted by atomic mass is 16.2. The summed E-state index contributed by atoms with van der Waals surface area (Å²) in [5.74, 6) is 0.724. The van der Waals surface area contributed by atoms with E-state index in [1.54, 1.807) is 4.90 Å². The normalized spacial score (nSPS) is 27.1. The lowest BCUT2D eigenvalue weighted by Gasteiger charge is -2.34. The van der Waals surface area contributed by atoms with Crippen molar-refractivity contribution in [1.82, 2.24) is 9.80 Å². The van der Waals surface area contributed by atoms with E-state index < -0.39 is 0 Å². The molecule has 2 fully saturated rings. The molecule has 2 amide bonds. The van der Waals surface area contributed by atoms with E-state index in [0.29, 0.717) is 12.0 Å². The monoisotopic (exact) mass is 210 g/mol. The van der Waals surface area contributed by atoms with E-state index in [4.69, 9.17) is 0 Å². The molecule has 15 heavy (non-hydrogen) atoms. The van der Waals surface area contributed by atoms with Gasteiger partial charge in [-0.05, 0) is 25.7 Å². The van der Waals surface area contributed by atoms with Crippen molar-refractivity contribution in [3.05, 3.63) is 0 Å². The minimum Gasteiger partial charge on any atom is -0.323 e. The summed E-state index contributed by atoms with van der Waals surface area (Å²) in [5, 5.41) is 0. The van der Waals surface area contributed by atoms with Crippen LogP contribution in [0.4, 0.5) is 4.79 Å². The molecule has 1 saturated heterocycles. The number of hydrogen-bond acceptors (Lipinski definition) is 2. The van der Waals surface area contributed by atoms with Crippen LogP contribution in [0.1, 0.15) is 26.2 Å². The maximum atomic E-state index is 11.8. The summed E-state index contributed by atoms with van der Waals surface area (Å²) in [4.78, 5) is 26.3. The van der Waals surface area contributed by atoms with Gasteiger partial charge in [0.15, 0.2) is 0 Å². The van der Waals surface area contributed by atoms with Crippen LogP contribution in [0, 0.1) is 5.92 Å². The van der Waals surface area contributed by atoms with Gasteiger partial charge in [-0.3, -0.25) is 4.79 Å². The first-order valence-electron chi connectivity index (χ1n) is 5.60. The molecule has 1 atom stereocenters. The van der Waals surface area contributed by atoms with Crippen molar-refractivity contribution >= 4 is 11.8 Å². The average Bonchev–Trinajstić information content (AvgIpc) is 2.30. The fraction of sp³-hybridized carbons (Fsp3) is 0.818. The predicted octanol–water partition coefficient (Wildman–Crippen LogP) is 1.11. The molecule has 0 N–H and O–H groups in total. The third kappa shape index (κ3) is 1.85. The Morgan fingerprint density at radius 2 is 2.13 bits per heavy atom. The zero-order valence-electron chi connectivity index (χ0n) is 9.40. The van der Waals surface area contributed by atoms with Crippen LogP contribution in [-0.2, 0) is 4.79 Å². The first-order valence-corrected chi connectivity index (χ1v) is 5.60. The molecule has 1 unspecified atom stereocenters. The van der Waals surface area contributed by atoms with E-state index in [-0.39, 0.29) is 18.4 Å². The number of carbonyl (C=O) groups is 2. The zero-order chi connectivity index (χ0) is 11.0. The molecule has 2 rings (SSSR count). The molecular weight excluding hydrogens is 192 g/mol. The zero-order valence-corrected chi connectivity index (χ0v) is 9.40. The summed E-state index contributed by atoms with van der Waals surface area (Å²) < 4.78 is 0. The molecule has 0 aromatic carbocycles. The van der Waals surface area contributed by atoms with Crippen molar-refractivity contribution in [2.75, 3.05) is 20.1 Å². The van der Waals surface area contributed by atoms with Gasteiger partial charge in [-0.2, -0.15) is 0 Å². The first-order chi connectivity index (χ1) is 7.09. The van der Waals surface area contributed by atoms with Gasteiger partial charge in [-0.25, -0.2) is 4.79 Å². The predicted molar refractivity (Wildman–Crippen MR) is 56.5 cm³/mol. The molecule has 4 heteroatoms. The van der Waals surface area contributed by atoms with Crippen LogP contribution in [0.2, 0.25) is 0 Å². The second kappa shape index (κ2) is 3.83.